The topological polar surface area (TPSA) is 154 Å². The van der Waals surface area contributed by atoms with Gasteiger partial charge in [-0.1, -0.05) is 0 Å². The number of non-ortho nitro benzene ring substituents is 2. The average molecular weight is 445 g/mol. The third-order valence-corrected chi connectivity index (χ3v) is 3.54. The van der Waals surface area contributed by atoms with Crippen LogP contribution in [0, 0.1) is 30.7 Å². The number of quaternary nitrogens is 1. The van der Waals surface area contributed by atoms with Crippen molar-refractivity contribution in [3.8, 4) is 0 Å². The maximum Gasteiger partial charge on any atom is 0.276 e. The molecule has 0 radical (unpaired) electrons. The summed E-state index contributed by atoms with van der Waals surface area (Å²) in [7, 11) is 0. The van der Waals surface area contributed by atoms with Crippen molar-refractivity contribution < 1.29 is 25.5 Å². The smallest absolute Gasteiger partial charge is 0.276 e. The second kappa shape index (κ2) is 8.31. The number of nitrogens with zero attached hydrogens (tertiary/aromatic N) is 2. The van der Waals surface area contributed by atoms with Crippen molar-refractivity contribution in [2.75, 3.05) is 0 Å². The van der Waals surface area contributed by atoms with Crippen molar-refractivity contribution in [3.63, 3.8) is 0 Å². The molecule has 24 heavy (non-hydrogen) atoms. The van der Waals surface area contributed by atoms with Gasteiger partial charge in [0.05, 0.1) is 21.9 Å². The van der Waals surface area contributed by atoms with Crippen LogP contribution in [0.1, 0.15) is 15.9 Å². The minimum absolute atomic E-state index is 0.601. The molecule has 0 heterocycles. The first-order valence-electron chi connectivity index (χ1n) is 6.35. The zero-order chi connectivity index (χ0) is 18.4. The summed E-state index contributed by atoms with van der Waals surface area (Å²) < 4.78 is 1.28. The minimum atomic E-state index is -1.71. The van der Waals surface area contributed by atoms with Crippen LogP contribution in [0.25, 0.3) is 0 Å². The number of rotatable bonds is 3. The lowest BCUT2D eigenvalue weighted by molar-refractivity contribution is -0.394. The van der Waals surface area contributed by atoms with Gasteiger partial charge in [0, 0.05) is 32.9 Å². The zero-order valence-corrected chi connectivity index (χ0v) is 14.6. The van der Waals surface area contributed by atoms with Crippen molar-refractivity contribution in [2.45, 2.75) is 6.92 Å². The molecule has 0 unspecified atom stereocenters. The van der Waals surface area contributed by atoms with Crippen molar-refractivity contribution in [1.82, 2.24) is 0 Å². The van der Waals surface area contributed by atoms with Crippen LogP contribution in [-0.2, 0) is 0 Å². The van der Waals surface area contributed by atoms with Gasteiger partial charge in [0.25, 0.3) is 11.4 Å². The minimum Gasteiger partial charge on any atom is -0.545 e. The molecule has 0 atom stereocenters. The second-order valence-electron chi connectivity index (χ2n) is 4.61. The number of nitro groups is 2. The number of aromatic carboxylic acids is 1. The molecule has 0 aliphatic heterocycles. The monoisotopic (exact) mass is 445 g/mol. The summed E-state index contributed by atoms with van der Waals surface area (Å²) in [6.45, 7) is 2.07. The van der Waals surface area contributed by atoms with E-state index >= 15 is 0 Å². The summed E-state index contributed by atoms with van der Waals surface area (Å²) in [5.74, 6) is -1.71. The maximum atomic E-state index is 10.4. The molecule has 0 bridgehead atoms. The molecule has 2 aromatic carbocycles. The number of halogens is 1. The third kappa shape index (κ3) is 5.55. The van der Waals surface area contributed by atoms with Crippen LogP contribution in [0.3, 0.4) is 0 Å². The number of carbonyl (C=O) groups is 1. The first-order valence-corrected chi connectivity index (χ1v) is 7.43. The molecule has 126 valence electrons. The number of hydrogen-bond donors (Lipinski definition) is 1. The van der Waals surface area contributed by atoms with E-state index in [0.717, 1.165) is 5.69 Å². The van der Waals surface area contributed by atoms with E-state index < -0.39 is 32.8 Å². The fraction of sp³-hybridized carbons (Fsp3) is 0.0714. The molecular weight excluding hydrogens is 433 g/mol. The highest BCUT2D eigenvalue weighted by molar-refractivity contribution is 14.1. The number of carbonyl (C=O) groups excluding carboxylic acids is 1. The summed E-state index contributed by atoms with van der Waals surface area (Å²) >= 11 is 2.29. The van der Waals surface area contributed by atoms with E-state index in [4.69, 9.17) is 0 Å². The molecule has 10 heteroatoms. The quantitative estimate of drug-likeness (QED) is 0.427. The fourth-order valence-electron chi connectivity index (χ4n) is 1.58. The van der Waals surface area contributed by atoms with E-state index in [2.05, 4.69) is 47.4 Å². The van der Waals surface area contributed by atoms with E-state index in [1.54, 1.807) is 0 Å². The first-order chi connectivity index (χ1) is 11.1. The molecule has 3 N–H and O–H groups in total. The van der Waals surface area contributed by atoms with Gasteiger partial charge in [-0.25, -0.2) is 0 Å². The van der Waals surface area contributed by atoms with E-state index in [-0.39, 0.29) is 0 Å². The Bertz CT molecular complexity index is 730. The number of carboxylic acid groups (broad SMARTS) is 1. The van der Waals surface area contributed by atoms with E-state index in [1.807, 2.05) is 6.07 Å². The Kier molecular flexibility index (Phi) is 6.73. The predicted molar refractivity (Wildman–Crippen MR) is 90.5 cm³/mol. The third-order valence-electron chi connectivity index (χ3n) is 2.86. The Labute approximate surface area is 149 Å². The lowest BCUT2D eigenvalue weighted by Crippen LogP contribution is -2.41. The van der Waals surface area contributed by atoms with E-state index in [1.165, 1.54) is 9.13 Å². The Morgan fingerprint density at radius 2 is 1.54 bits per heavy atom. The van der Waals surface area contributed by atoms with Crippen molar-refractivity contribution in [1.29, 1.82) is 0 Å². The molecule has 9 nitrogen and oxygen atoms in total. The predicted octanol–water partition coefficient (Wildman–Crippen LogP) is 1.34. The van der Waals surface area contributed by atoms with Gasteiger partial charge < -0.3 is 15.6 Å². The summed E-state index contributed by atoms with van der Waals surface area (Å²) in [6, 6.07) is 8.30. The molecule has 0 amide bonds. The molecule has 2 aromatic rings. The molecule has 0 aliphatic rings. The second-order valence-corrected chi connectivity index (χ2v) is 5.86. The lowest BCUT2D eigenvalue weighted by Gasteiger charge is -2.01. The van der Waals surface area contributed by atoms with Crippen LogP contribution < -0.4 is 10.8 Å². The SMILES string of the molecule is Cc1cc(I)ccc1[NH3+].O=C([O-])c1cc([N+](=O)[O-])cc([N+](=O)[O-])c1. The molecule has 0 fully saturated rings. The highest BCUT2D eigenvalue weighted by atomic mass is 127. The van der Waals surface area contributed by atoms with Gasteiger partial charge in [-0.05, 0) is 41.6 Å². The van der Waals surface area contributed by atoms with Gasteiger partial charge in [0.2, 0.25) is 0 Å². The van der Waals surface area contributed by atoms with Crippen LogP contribution in [0.15, 0.2) is 36.4 Å². The standard InChI is InChI=1S/C7H8IN.C7H4N2O6/c1-5-4-6(8)2-3-7(5)9;10-7(11)4-1-5(8(12)13)3-6(2-4)9(14)15/h2-4H,9H2,1H3;1-3H,(H,10,11). The van der Waals surface area contributed by atoms with Gasteiger partial charge in [-0.3, -0.25) is 20.2 Å². The normalized spacial score (nSPS) is 9.62. The molecule has 2 rings (SSSR count). The number of aryl methyl sites for hydroxylation is 1. The van der Waals surface area contributed by atoms with E-state index in [0.29, 0.717) is 18.2 Å². The number of carboxylic acids is 1. The van der Waals surface area contributed by atoms with Crippen LogP contribution >= 0.6 is 22.6 Å². The highest BCUT2D eigenvalue weighted by Gasteiger charge is 2.16. The van der Waals surface area contributed by atoms with Crippen LogP contribution in [0.2, 0.25) is 0 Å². The van der Waals surface area contributed by atoms with Crippen LogP contribution in [0.4, 0.5) is 17.1 Å². The Morgan fingerprint density at radius 1 is 1.04 bits per heavy atom. The van der Waals surface area contributed by atoms with Crippen molar-refractivity contribution in [3.05, 3.63) is 71.3 Å². The van der Waals surface area contributed by atoms with Crippen molar-refractivity contribution >= 4 is 45.6 Å². The zero-order valence-electron chi connectivity index (χ0n) is 12.4. The van der Waals surface area contributed by atoms with Gasteiger partial charge >= 0.3 is 0 Å². The summed E-state index contributed by atoms with van der Waals surface area (Å²) in [5.41, 5.74) is 4.32. The van der Waals surface area contributed by atoms with Gasteiger partial charge in [0.1, 0.15) is 5.69 Å². The first kappa shape index (κ1) is 19.4. The van der Waals surface area contributed by atoms with Crippen LogP contribution in [0.5, 0.6) is 0 Å². The molecular formula is C14H12IN3O6. The van der Waals surface area contributed by atoms with Crippen LogP contribution in [-0.4, -0.2) is 15.8 Å². The Morgan fingerprint density at radius 3 is 1.88 bits per heavy atom. The molecule has 0 saturated heterocycles. The highest BCUT2D eigenvalue weighted by Crippen LogP contribution is 2.22. The average Bonchev–Trinajstić information content (AvgIpc) is 2.51. The lowest BCUT2D eigenvalue weighted by atomic mass is 10.2. The Hall–Kier alpha value is -2.60. The largest absolute Gasteiger partial charge is 0.545 e. The van der Waals surface area contributed by atoms with Gasteiger partial charge in [-0.2, -0.15) is 0 Å². The summed E-state index contributed by atoms with van der Waals surface area (Å²) in [5, 5.41) is 31.0. The van der Waals surface area contributed by atoms with Gasteiger partial charge in [-0.15, -0.1) is 0 Å². The fourth-order valence-corrected chi connectivity index (χ4v) is 2.23. The van der Waals surface area contributed by atoms with E-state index in [9.17, 15) is 30.1 Å². The van der Waals surface area contributed by atoms with Gasteiger partial charge in [0.15, 0.2) is 0 Å². The summed E-state index contributed by atoms with van der Waals surface area (Å²) in [6.07, 6.45) is 0. The number of nitro benzene ring substituents is 2. The molecule has 0 saturated carbocycles. The Balaban J connectivity index is 0.000000272. The number of benzene rings is 2. The molecule has 0 spiro atoms. The molecule has 0 aromatic heterocycles. The molecule has 0 aliphatic carbocycles. The number of hydrogen-bond acceptors (Lipinski definition) is 6. The van der Waals surface area contributed by atoms with Crippen molar-refractivity contribution in [2.24, 2.45) is 0 Å². The summed E-state index contributed by atoms with van der Waals surface area (Å²) in [4.78, 5) is 29.2. The maximum absolute atomic E-state index is 10.4.